The van der Waals surface area contributed by atoms with Crippen LogP contribution in [0.5, 0.6) is 11.6 Å². The molecule has 2 aromatic carbocycles. The highest BCUT2D eigenvalue weighted by molar-refractivity contribution is 7.17. The predicted octanol–water partition coefficient (Wildman–Crippen LogP) is 4.12. The topological polar surface area (TPSA) is 66.1 Å². The van der Waals surface area contributed by atoms with Crippen molar-refractivity contribution < 1.29 is 14.2 Å². The third-order valence-electron chi connectivity index (χ3n) is 6.12. The summed E-state index contributed by atoms with van der Waals surface area (Å²) in [6, 6.07) is 14.4. The summed E-state index contributed by atoms with van der Waals surface area (Å²) in [7, 11) is 1.66. The fourth-order valence-corrected chi connectivity index (χ4v) is 5.48. The summed E-state index contributed by atoms with van der Waals surface area (Å²) in [6.45, 7) is 5.00. The van der Waals surface area contributed by atoms with Crippen LogP contribution in [0.4, 0.5) is 10.1 Å². The minimum absolute atomic E-state index is 0.0352. The van der Waals surface area contributed by atoms with Gasteiger partial charge in [0.25, 0.3) is 0 Å². The number of aryl methyl sites for hydroxylation is 1. The van der Waals surface area contributed by atoms with Crippen LogP contribution in [0.25, 0.3) is 4.96 Å². The first-order valence-electron chi connectivity index (χ1n) is 11.0. The summed E-state index contributed by atoms with van der Waals surface area (Å²) in [5.74, 6) is 1.26. The summed E-state index contributed by atoms with van der Waals surface area (Å²) in [4.78, 5) is 10.3. The van der Waals surface area contributed by atoms with Crippen LogP contribution in [0.2, 0.25) is 0 Å². The fourth-order valence-electron chi connectivity index (χ4n) is 4.35. The Kier molecular flexibility index (Phi) is 5.90. The third kappa shape index (κ3) is 4.02. The first-order chi connectivity index (χ1) is 16.1. The van der Waals surface area contributed by atoms with Crippen LogP contribution < -0.4 is 9.64 Å². The van der Waals surface area contributed by atoms with E-state index in [4.69, 9.17) is 4.74 Å². The van der Waals surface area contributed by atoms with E-state index >= 15 is 0 Å². The van der Waals surface area contributed by atoms with Crippen molar-refractivity contribution >= 4 is 22.0 Å². The summed E-state index contributed by atoms with van der Waals surface area (Å²) in [6.07, 6.45) is 0.688. The van der Waals surface area contributed by atoms with Crippen molar-refractivity contribution in [1.82, 2.24) is 19.5 Å². The van der Waals surface area contributed by atoms with E-state index < -0.39 is 6.04 Å². The van der Waals surface area contributed by atoms with E-state index in [1.807, 2.05) is 25.1 Å². The van der Waals surface area contributed by atoms with E-state index in [0.29, 0.717) is 27.6 Å². The number of fused-ring (bicyclic) bond motifs is 1. The van der Waals surface area contributed by atoms with Crippen molar-refractivity contribution in [3.8, 4) is 11.6 Å². The molecular formula is C24H26FN5O2S. The first-order valence-corrected chi connectivity index (χ1v) is 11.9. The lowest BCUT2D eigenvalue weighted by molar-refractivity contribution is 0.208. The van der Waals surface area contributed by atoms with Crippen LogP contribution in [0.15, 0.2) is 48.5 Å². The van der Waals surface area contributed by atoms with Crippen molar-refractivity contribution in [2.24, 2.45) is 0 Å². The number of rotatable bonds is 6. The Labute approximate surface area is 195 Å². The molecule has 0 bridgehead atoms. The number of halogens is 1. The number of aromatic nitrogens is 3. The minimum Gasteiger partial charge on any atom is -0.497 e. The van der Waals surface area contributed by atoms with Crippen LogP contribution in [-0.2, 0) is 6.42 Å². The van der Waals surface area contributed by atoms with Crippen molar-refractivity contribution in [3.63, 3.8) is 0 Å². The molecule has 0 aliphatic carbocycles. The molecule has 33 heavy (non-hydrogen) atoms. The Hall–Kier alpha value is -3.17. The Morgan fingerprint density at radius 2 is 1.82 bits per heavy atom. The van der Waals surface area contributed by atoms with Crippen molar-refractivity contribution in [3.05, 3.63) is 70.6 Å². The molecular weight excluding hydrogens is 441 g/mol. The molecule has 1 N–H and O–H groups in total. The first kappa shape index (κ1) is 21.7. The van der Waals surface area contributed by atoms with Gasteiger partial charge in [-0.1, -0.05) is 36.5 Å². The van der Waals surface area contributed by atoms with Gasteiger partial charge in [0.1, 0.15) is 11.6 Å². The van der Waals surface area contributed by atoms with E-state index in [-0.39, 0.29) is 11.7 Å². The molecule has 3 heterocycles. The molecule has 7 nitrogen and oxygen atoms in total. The smallest absolute Gasteiger partial charge is 0.230 e. The Morgan fingerprint density at radius 3 is 2.45 bits per heavy atom. The molecule has 0 amide bonds. The molecule has 1 saturated heterocycles. The second kappa shape index (κ2) is 8.99. The normalized spacial score (nSPS) is 15.8. The summed E-state index contributed by atoms with van der Waals surface area (Å²) < 4.78 is 21.7. The van der Waals surface area contributed by atoms with Crippen molar-refractivity contribution in [2.75, 3.05) is 38.2 Å². The van der Waals surface area contributed by atoms with E-state index in [1.165, 1.54) is 21.9 Å². The van der Waals surface area contributed by atoms with Gasteiger partial charge in [-0.3, -0.25) is 4.90 Å². The van der Waals surface area contributed by atoms with E-state index in [9.17, 15) is 9.50 Å². The zero-order valence-corrected chi connectivity index (χ0v) is 19.4. The number of nitrogens with zero attached hydrogens (tertiary/aromatic N) is 5. The molecule has 0 spiro atoms. The van der Waals surface area contributed by atoms with Gasteiger partial charge < -0.3 is 14.7 Å². The van der Waals surface area contributed by atoms with Crippen molar-refractivity contribution in [1.29, 1.82) is 0 Å². The lowest BCUT2D eigenvalue weighted by atomic mass is 10.0. The van der Waals surface area contributed by atoms with Gasteiger partial charge in [-0.25, -0.2) is 9.37 Å². The standard InChI is InChI=1S/C24H26FN5O2S/c1-3-20-26-24-30(27-20)23(31)22(33-24)21(18-6-4-5-7-19(18)25)29-14-12-28(13-15-29)16-8-10-17(32-2)11-9-16/h4-11,21,31H,3,12-15H2,1-2H3/t21-/m0/s1. The summed E-state index contributed by atoms with van der Waals surface area (Å²) in [5.41, 5.74) is 1.68. The quantitative estimate of drug-likeness (QED) is 0.460. The van der Waals surface area contributed by atoms with Gasteiger partial charge in [0.05, 0.1) is 18.0 Å². The molecule has 1 atom stereocenters. The lowest BCUT2D eigenvalue weighted by Gasteiger charge is -2.40. The maximum Gasteiger partial charge on any atom is 0.230 e. The van der Waals surface area contributed by atoms with E-state index in [1.54, 1.807) is 19.2 Å². The van der Waals surface area contributed by atoms with Crippen molar-refractivity contribution in [2.45, 2.75) is 19.4 Å². The Morgan fingerprint density at radius 1 is 1.09 bits per heavy atom. The monoisotopic (exact) mass is 467 g/mol. The average Bonchev–Trinajstić information content (AvgIpc) is 3.40. The van der Waals surface area contributed by atoms with Crippen LogP contribution in [0, 0.1) is 5.82 Å². The largest absolute Gasteiger partial charge is 0.497 e. The molecule has 1 aliphatic rings. The maximum absolute atomic E-state index is 15.0. The second-order valence-corrected chi connectivity index (χ2v) is 9.02. The van der Waals surface area contributed by atoms with Gasteiger partial charge in [-0.2, -0.15) is 4.52 Å². The minimum atomic E-state index is -0.414. The van der Waals surface area contributed by atoms with Gasteiger partial charge in [0.15, 0.2) is 5.82 Å². The third-order valence-corrected chi connectivity index (χ3v) is 7.20. The van der Waals surface area contributed by atoms with E-state index in [2.05, 4.69) is 32.0 Å². The molecule has 172 valence electrons. The molecule has 1 aliphatic heterocycles. The van der Waals surface area contributed by atoms with E-state index in [0.717, 1.165) is 37.6 Å². The highest BCUT2D eigenvalue weighted by atomic mass is 32.1. The zero-order chi connectivity index (χ0) is 22.9. The number of piperazine rings is 1. The van der Waals surface area contributed by atoms with Gasteiger partial charge in [0, 0.05) is 43.9 Å². The molecule has 2 aromatic heterocycles. The molecule has 4 aromatic rings. The summed E-state index contributed by atoms with van der Waals surface area (Å²) >= 11 is 1.37. The Balaban J connectivity index is 1.45. The second-order valence-electron chi connectivity index (χ2n) is 8.01. The van der Waals surface area contributed by atoms with Gasteiger partial charge in [0.2, 0.25) is 10.8 Å². The van der Waals surface area contributed by atoms with Gasteiger partial charge in [-0.15, -0.1) is 5.10 Å². The molecule has 0 saturated carbocycles. The average molecular weight is 468 g/mol. The fraction of sp³-hybridized carbons (Fsp3) is 0.333. The molecule has 1 fully saturated rings. The number of methoxy groups -OCH3 is 1. The number of benzene rings is 2. The number of hydrogen-bond donors (Lipinski definition) is 1. The molecule has 0 unspecified atom stereocenters. The number of hydrogen-bond acceptors (Lipinski definition) is 7. The predicted molar refractivity (Wildman–Crippen MR) is 127 cm³/mol. The van der Waals surface area contributed by atoms with Crippen LogP contribution in [0.3, 0.4) is 0 Å². The van der Waals surface area contributed by atoms with Crippen LogP contribution >= 0.6 is 11.3 Å². The van der Waals surface area contributed by atoms with Gasteiger partial charge in [-0.05, 0) is 30.3 Å². The zero-order valence-electron chi connectivity index (χ0n) is 18.6. The molecule has 0 radical (unpaired) electrons. The Bertz CT molecular complexity index is 1250. The highest BCUT2D eigenvalue weighted by Crippen LogP contribution is 2.41. The lowest BCUT2D eigenvalue weighted by Crippen LogP contribution is -2.48. The number of anilines is 1. The van der Waals surface area contributed by atoms with Crippen LogP contribution in [0.1, 0.15) is 29.2 Å². The number of thiazole rings is 1. The SMILES string of the molecule is CCc1nc2sc([C@H](c3ccccc3F)N3CCN(c4ccc(OC)cc4)CC3)c(O)n2n1. The van der Waals surface area contributed by atoms with Crippen LogP contribution in [-0.4, -0.2) is 57.9 Å². The number of ether oxygens (including phenoxy) is 1. The molecule has 5 rings (SSSR count). The summed E-state index contributed by atoms with van der Waals surface area (Å²) in [5, 5.41) is 15.4. The molecule has 9 heteroatoms. The van der Waals surface area contributed by atoms with Gasteiger partial charge >= 0.3 is 0 Å². The number of aromatic hydroxyl groups is 1. The maximum atomic E-state index is 15.0. The highest BCUT2D eigenvalue weighted by Gasteiger charge is 2.33.